The summed E-state index contributed by atoms with van der Waals surface area (Å²) < 4.78 is 5.51. The number of carbonyl (C=O) groups is 1. The van der Waals surface area contributed by atoms with Gasteiger partial charge in [-0.2, -0.15) is 0 Å². The lowest BCUT2D eigenvalue weighted by atomic mass is 9.68. The van der Waals surface area contributed by atoms with Gasteiger partial charge in [0.1, 0.15) is 6.10 Å². The molecule has 19 heavy (non-hydrogen) atoms. The van der Waals surface area contributed by atoms with Crippen LogP contribution in [0.5, 0.6) is 0 Å². The largest absolute Gasteiger partial charge is 0.462 e. The average Bonchev–Trinajstić information content (AvgIpc) is 2.63. The van der Waals surface area contributed by atoms with Crippen LogP contribution in [0.4, 0.5) is 0 Å². The highest BCUT2D eigenvalue weighted by molar-refractivity contribution is 5.74. The van der Waals surface area contributed by atoms with Crippen molar-refractivity contribution in [2.24, 2.45) is 29.1 Å². The van der Waals surface area contributed by atoms with Crippen LogP contribution in [-0.2, 0) is 9.53 Å². The van der Waals surface area contributed by atoms with Crippen LogP contribution in [0.3, 0.4) is 0 Å². The van der Waals surface area contributed by atoms with Crippen LogP contribution in [0.15, 0.2) is 0 Å². The second-order valence-corrected chi connectivity index (χ2v) is 7.20. The lowest BCUT2D eigenvalue weighted by Crippen LogP contribution is -2.38. The summed E-state index contributed by atoms with van der Waals surface area (Å²) in [6.07, 6.45) is 1.12. The fourth-order valence-electron chi connectivity index (χ4n) is 5.00. The molecule has 3 fully saturated rings. The van der Waals surface area contributed by atoms with E-state index in [0.29, 0.717) is 6.42 Å². The van der Waals surface area contributed by atoms with Gasteiger partial charge in [-0.3, -0.25) is 4.79 Å². The minimum atomic E-state index is -0.475. The summed E-state index contributed by atoms with van der Waals surface area (Å²) in [7, 11) is 0. The van der Waals surface area contributed by atoms with E-state index in [1.165, 1.54) is 0 Å². The van der Waals surface area contributed by atoms with Gasteiger partial charge in [0.2, 0.25) is 0 Å². The Hall–Kier alpha value is -0.610. The number of aliphatic hydroxyl groups is 2. The van der Waals surface area contributed by atoms with Crippen LogP contribution in [0.1, 0.15) is 40.0 Å². The average molecular weight is 268 g/mol. The van der Waals surface area contributed by atoms with Crippen molar-refractivity contribution in [3.8, 4) is 0 Å². The number of ether oxygens (including phenoxy) is 1. The molecule has 1 saturated heterocycles. The van der Waals surface area contributed by atoms with Crippen LogP contribution in [0, 0.1) is 29.1 Å². The Labute approximate surface area is 114 Å². The molecule has 0 spiro atoms. The summed E-state index contributed by atoms with van der Waals surface area (Å²) in [4.78, 5) is 11.8. The van der Waals surface area contributed by atoms with Crippen molar-refractivity contribution in [3.63, 3.8) is 0 Å². The molecular weight excluding hydrogens is 244 g/mol. The first kappa shape index (κ1) is 13.4. The molecule has 0 aromatic rings. The van der Waals surface area contributed by atoms with Crippen LogP contribution in [0.25, 0.3) is 0 Å². The third kappa shape index (κ3) is 1.76. The summed E-state index contributed by atoms with van der Waals surface area (Å²) in [5, 5.41) is 20.7. The zero-order valence-electron chi connectivity index (χ0n) is 11.9. The van der Waals surface area contributed by atoms with Gasteiger partial charge in [-0.15, -0.1) is 0 Å². The third-order valence-corrected chi connectivity index (χ3v) is 6.05. The van der Waals surface area contributed by atoms with Crippen molar-refractivity contribution in [2.75, 3.05) is 0 Å². The molecule has 3 aliphatic rings. The lowest BCUT2D eigenvalue weighted by molar-refractivity contribution is -0.144. The molecule has 4 nitrogen and oxygen atoms in total. The molecule has 8 atom stereocenters. The number of rotatable bonds is 0. The highest BCUT2D eigenvalue weighted by Crippen LogP contribution is 2.57. The SMILES string of the molecule is CC1CC2OC(=O)C(C)C2CC2(C)C(O)CC(O)C12. The Bertz CT molecular complexity index is 396. The smallest absolute Gasteiger partial charge is 0.309 e. The Morgan fingerprint density at radius 3 is 2.63 bits per heavy atom. The van der Waals surface area contributed by atoms with Gasteiger partial charge < -0.3 is 14.9 Å². The van der Waals surface area contributed by atoms with Crippen LogP contribution >= 0.6 is 0 Å². The number of esters is 1. The van der Waals surface area contributed by atoms with Gasteiger partial charge >= 0.3 is 5.97 Å². The number of carbonyl (C=O) groups excluding carboxylic acids is 1. The first-order valence-electron chi connectivity index (χ1n) is 7.41. The molecular formula is C15H24O4. The van der Waals surface area contributed by atoms with E-state index in [9.17, 15) is 15.0 Å². The third-order valence-electron chi connectivity index (χ3n) is 6.05. The van der Waals surface area contributed by atoms with E-state index in [-0.39, 0.29) is 41.2 Å². The molecule has 1 heterocycles. The molecule has 0 bridgehead atoms. The monoisotopic (exact) mass is 268 g/mol. The fraction of sp³-hybridized carbons (Fsp3) is 0.933. The molecule has 3 rings (SSSR count). The zero-order chi connectivity index (χ0) is 13.9. The molecule has 0 aromatic heterocycles. The Balaban J connectivity index is 1.96. The molecule has 4 heteroatoms. The maximum absolute atomic E-state index is 11.8. The van der Waals surface area contributed by atoms with Crippen molar-refractivity contribution >= 4 is 5.97 Å². The zero-order valence-corrected chi connectivity index (χ0v) is 11.9. The number of hydrogen-bond acceptors (Lipinski definition) is 4. The van der Waals surface area contributed by atoms with Crippen molar-refractivity contribution in [1.29, 1.82) is 0 Å². The maximum atomic E-state index is 11.8. The van der Waals surface area contributed by atoms with Gasteiger partial charge in [0, 0.05) is 12.3 Å². The predicted molar refractivity (Wildman–Crippen MR) is 69.2 cm³/mol. The van der Waals surface area contributed by atoms with E-state index in [1.54, 1.807) is 0 Å². The van der Waals surface area contributed by atoms with Gasteiger partial charge in [-0.1, -0.05) is 20.8 Å². The Morgan fingerprint density at radius 2 is 1.95 bits per heavy atom. The second-order valence-electron chi connectivity index (χ2n) is 7.20. The number of aliphatic hydroxyl groups excluding tert-OH is 2. The van der Waals surface area contributed by atoms with Gasteiger partial charge in [-0.25, -0.2) is 0 Å². The quantitative estimate of drug-likeness (QED) is 0.651. The van der Waals surface area contributed by atoms with Crippen LogP contribution < -0.4 is 0 Å². The van der Waals surface area contributed by atoms with Crippen LogP contribution in [0.2, 0.25) is 0 Å². The minimum absolute atomic E-state index is 0.0284. The van der Waals surface area contributed by atoms with E-state index < -0.39 is 12.2 Å². The topological polar surface area (TPSA) is 66.8 Å². The summed E-state index contributed by atoms with van der Waals surface area (Å²) in [5.41, 5.74) is -0.291. The Kier molecular flexibility index (Phi) is 2.95. The van der Waals surface area contributed by atoms with E-state index >= 15 is 0 Å². The second kappa shape index (κ2) is 4.19. The normalized spacial score (nSPS) is 57.3. The molecule has 2 aliphatic carbocycles. The summed E-state index contributed by atoms with van der Waals surface area (Å²) >= 11 is 0. The maximum Gasteiger partial charge on any atom is 0.309 e. The van der Waals surface area contributed by atoms with E-state index in [2.05, 4.69) is 13.8 Å². The Morgan fingerprint density at radius 1 is 1.26 bits per heavy atom. The fourth-order valence-corrected chi connectivity index (χ4v) is 5.00. The van der Waals surface area contributed by atoms with Crippen LogP contribution in [-0.4, -0.2) is 34.5 Å². The molecule has 1 aliphatic heterocycles. The molecule has 0 radical (unpaired) electrons. The van der Waals surface area contributed by atoms with Crippen molar-refractivity contribution in [3.05, 3.63) is 0 Å². The lowest BCUT2D eigenvalue weighted by Gasteiger charge is -2.37. The number of hydrogen-bond donors (Lipinski definition) is 2. The molecule has 2 N–H and O–H groups in total. The van der Waals surface area contributed by atoms with Gasteiger partial charge in [0.25, 0.3) is 0 Å². The summed E-state index contributed by atoms with van der Waals surface area (Å²) in [6.45, 7) is 6.12. The first-order chi connectivity index (χ1) is 8.84. The standard InChI is InChI=1S/C15H24O4/c1-7-4-11-9(8(2)14(18)19-11)6-15(3)12(17)5-10(16)13(7)15/h7-13,16-17H,4-6H2,1-3H3. The van der Waals surface area contributed by atoms with Gasteiger partial charge in [0.05, 0.1) is 18.1 Å². The van der Waals surface area contributed by atoms with Crippen molar-refractivity contribution < 1.29 is 19.7 Å². The molecule has 2 saturated carbocycles. The summed E-state index contributed by atoms with van der Waals surface area (Å²) in [6, 6.07) is 0. The van der Waals surface area contributed by atoms with Gasteiger partial charge in [-0.05, 0) is 30.1 Å². The van der Waals surface area contributed by atoms with Crippen molar-refractivity contribution in [2.45, 2.75) is 58.3 Å². The molecule has 8 unspecified atom stereocenters. The molecule has 0 amide bonds. The molecule has 0 aromatic carbocycles. The predicted octanol–water partition coefficient (Wildman–Crippen LogP) is 1.34. The van der Waals surface area contributed by atoms with E-state index in [1.807, 2.05) is 6.92 Å². The number of fused-ring (bicyclic) bond motifs is 2. The van der Waals surface area contributed by atoms with Gasteiger partial charge in [0.15, 0.2) is 0 Å². The van der Waals surface area contributed by atoms with E-state index in [0.717, 1.165) is 12.8 Å². The van der Waals surface area contributed by atoms with Crippen molar-refractivity contribution in [1.82, 2.24) is 0 Å². The highest BCUT2D eigenvalue weighted by Gasteiger charge is 2.59. The van der Waals surface area contributed by atoms with E-state index in [4.69, 9.17) is 4.74 Å². The summed E-state index contributed by atoms with van der Waals surface area (Å²) in [5.74, 6) is 0.379. The minimum Gasteiger partial charge on any atom is -0.462 e. The highest BCUT2D eigenvalue weighted by atomic mass is 16.6. The molecule has 108 valence electrons. The first-order valence-corrected chi connectivity index (χ1v) is 7.41.